The van der Waals surface area contributed by atoms with Crippen molar-refractivity contribution in [3.8, 4) is 11.5 Å². The van der Waals surface area contributed by atoms with E-state index in [1.807, 2.05) is 24.3 Å². The van der Waals surface area contributed by atoms with Crippen LogP contribution in [0.2, 0.25) is 5.02 Å². The molecule has 1 heterocycles. The molecule has 0 aliphatic heterocycles. The van der Waals surface area contributed by atoms with Crippen LogP contribution >= 0.6 is 11.6 Å². The summed E-state index contributed by atoms with van der Waals surface area (Å²) in [6.07, 6.45) is 1.61. The van der Waals surface area contributed by atoms with Gasteiger partial charge in [0.05, 0.1) is 31.8 Å². The minimum atomic E-state index is -0.350. The highest BCUT2D eigenvalue weighted by Gasteiger charge is 2.12. The smallest absolute Gasteiger partial charge is 0.274 e. The Kier molecular flexibility index (Phi) is 6.34. The van der Waals surface area contributed by atoms with Crippen LogP contribution in [-0.4, -0.2) is 25.1 Å². The van der Waals surface area contributed by atoms with Gasteiger partial charge in [-0.3, -0.25) is 4.79 Å². The lowest BCUT2D eigenvalue weighted by molar-refractivity contribution is 0.102. The average Bonchev–Trinajstić information content (AvgIpc) is 2.73. The molecule has 0 atom stereocenters. The molecule has 2 N–H and O–H groups in total. The highest BCUT2D eigenvalue weighted by molar-refractivity contribution is 6.31. The summed E-state index contributed by atoms with van der Waals surface area (Å²) >= 11 is 5.99. The number of benzene rings is 2. The SMILES string of the molecule is COc1ccccc1CNc1ccc(C(=O)Nc2cc(Cl)ccc2OC)nc1. The van der Waals surface area contributed by atoms with E-state index < -0.39 is 0 Å². The van der Waals surface area contributed by atoms with Crippen LogP contribution in [0.4, 0.5) is 11.4 Å². The number of ether oxygens (including phenoxy) is 2. The number of anilines is 2. The molecule has 6 nitrogen and oxygen atoms in total. The molecule has 0 saturated heterocycles. The Balaban J connectivity index is 1.65. The number of rotatable bonds is 7. The Hall–Kier alpha value is -3.25. The number of amides is 1. The largest absolute Gasteiger partial charge is 0.496 e. The van der Waals surface area contributed by atoms with Gasteiger partial charge in [0.1, 0.15) is 17.2 Å². The van der Waals surface area contributed by atoms with Gasteiger partial charge in [0.15, 0.2) is 0 Å². The quantitative estimate of drug-likeness (QED) is 0.608. The van der Waals surface area contributed by atoms with Crippen LogP contribution < -0.4 is 20.1 Å². The van der Waals surface area contributed by atoms with Crippen molar-refractivity contribution < 1.29 is 14.3 Å². The summed E-state index contributed by atoms with van der Waals surface area (Å²) in [6.45, 7) is 0.580. The number of carbonyl (C=O) groups is 1. The molecule has 0 fully saturated rings. The first-order valence-electron chi connectivity index (χ1n) is 8.57. The number of halogens is 1. The molecule has 0 aliphatic carbocycles. The van der Waals surface area contributed by atoms with E-state index in [4.69, 9.17) is 21.1 Å². The molecular formula is C21H20ClN3O3. The molecule has 0 saturated carbocycles. The van der Waals surface area contributed by atoms with Gasteiger partial charge in [-0.2, -0.15) is 0 Å². The maximum Gasteiger partial charge on any atom is 0.274 e. The van der Waals surface area contributed by atoms with Crippen LogP contribution in [0.25, 0.3) is 0 Å². The lowest BCUT2D eigenvalue weighted by Crippen LogP contribution is -2.14. The predicted octanol–water partition coefficient (Wildman–Crippen LogP) is 4.62. The normalized spacial score (nSPS) is 10.2. The van der Waals surface area contributed by atoms with Crippen LogP contribution in [-0.2, 0) is 6.54 Å². The van der Waals surface area contributed by atoms with Crippen LogP contribution in [0.3, 0.4) is 0 Å². The number of nitrogens with zero attached hydrogens (tertiary/aromatic N) is 1. The highest BCUT2D eigenvalue weighted by atomic mass is 35.5. The lowest BCUT2D eigenvalue weighted by Gasteiger charge is -2.11. The second-order valence-electron chi connectivity index (χ2n) is 5.90. The molecule has 0 spiro atoms. The van der Waals surface area contributed by atoms with Crippen molar-refractivity contribution in [2.45, 2.75) is 6.54 Å². The van der Waals surface area contributed by atoms with E-state index in [9.17, 15) is 4.79 Å². The lowest BCUT2D eigenvalue weighted by atomic mass is 10.2. The third kappa shape index (κ3) is 4.72. The molecule has 0 unspecified atom stereocenters. The van der Waals surface area contributed by atoms with Crippen LogP contribution in [0.5, 0.6) is 11.5 Å². The van der Waals surface area contributed by atoms with Crippen LogP contribution in [0.1, 0.15) is 16.1 Å². The van der Waals surface area contributed by atoms with Gasteiger partial charge in [0.25, 0.3) is 5.91 Å². The van der Waals surface area contributed by atoms with Crippen molar-refractivity contribution in [3.63, 3.8) is 0 Å². The van der Waals surface area contributed by atoms with Crippen molar-refractivity contribution in [1.82, 2.24) is 4.98 Å². The molecule has 1 aromatic heterocycles. The fourth-order valence-corrected chi connectivity index (χ4v) is 2.82. The molecule has 144 valence electrons. The van der Waals surface area contributed by atoms with Gasteiger partial charge in [0.2, 0.25) is 0 Å². The number of methoxy groups -OCH3 is 2. The average molecular weight is 398 g/mol. The summed E-state index contributed by atoms with van der Waals surface area (Å²) in [5.41, 5.74) is 2.59. The summed E-state index contributed by atoms with van der Waals surface area (Å²) in [7, 11) is 3.17. The van der Waals surface area contributed by atoms with E-state index in [0.29, 0.717) is 23.0 Å². The zero-order valence-electron chi connectivity index (χ0n) is 15.5. The molecule has 2 aromatic carbocycles. The fourth-order valence-electron chi connectivity index (χ4n) is 2.64. The van der Waals surface area contributed by atoms with E-state index in [-0.39, 0.29) is 11.6 Å². The molecule has 7 heteroatoms. The van der Waals surface area contributed by atoms with Gasteiger partial charge in [0, 0.05) is 17.1 Å². The minimum Gasteiger partial charge on any atom is -0.496 e. The first-order chi connectivity index (χ1) is 13.6. The van der Waals surface area contributed by atoms with Crippen molar-refractivity contribution in [1.29, 1.82) is 0 Å². The summed E-state index contributed by atoms with van der Waals surface area (Å²) in [5.74, 6) is 0.985. The monoisotopic (exact) mass is 397 g/mol. The van der Waals surface area contributed by atoms with Gasteiger partial charge >= 0.3 is 0 Å². The second-order valence-corrected chi connectivity index (χ2v) is 6.33. The first kappa shape index (κ1) is 19.5. The van der Waals surface area contributed by atoms with E-state index in [2.05, 4.69) is 15.6 Å². The zero-order chi connectivity index (χ0) is 19.9. The van der Waals surface area contributed by atoms with Crippen molar-refractivity contribution >= 4 is 28.9 Å². The van der Waals surface area contributed by atoms with Crippen molar-refractivity contribution in [2.75, 3.05) is 24.9 Å². The van der Waals surface area contributed by atoms with E-state index in [1.165, 1.54) is 7.11 Å². The molecule has 1 amide bonds. The number of hydrogen-bond donors (Lipinski definition) is 2. The summed E-state index contributed by atoms with van der Waals surface area (Å²) in [5, 5.41) is 6.53. The van der Waals surface area contributed by atoms with Gasteiger partial charge in [-0.1, -0.05) is 29.8 Å². The fraction of sp³-hybridized carbons (Fsp3) is 0.143. The van der Waals surface area contributed by atoms with Crippen LogP contribution in [0.15, 0.2) is 60.8 Å². The van der Waals surface area contributed by atoms with E-state index in [0.717, 1.165) is 17.0 Å². The Morgan fingerprint density at radius 2 is 1.82 bits per heavy atom. The van der Waals surface area contributed by atoms with Crippen molar-refractivity contribution in [2.24, 2.45) is 0 Å². The maximum atomic E-state index is 12.5. The minimum absolute atomic E-state index is 0.282. The Labute approximate surface area is 168 Å². The number of pyridine rings is 1. The third-order valence-corrected chi connectivity index (χ3v) is 4.32. The topological polar surface area (TPSA) is 72.5 Å². The molecule has 0 bridgehead atoms. The third-order valence-electron chi connectivity index (χ3n) is 4.08. The summed E-state index contributed by atoms with van der Waals surface area (Å²) in [6, 6.07) is 16.2. The number of para-hydroxylation sites is 1. The standard InChI is InChI=1S/C21H20ClN3O3/c1-27-19-6-4-3-5-14(19)12-23-16-8-9-17(24-13-16)21(26)25-18-11-15(22)7-10-20(18)28-2/h3-11,13,23H,12H2,1-2H3,(H,25,26). The van der Waals surface area contributed by atoms with E-state index in [1.54, 1.807) is 43.6 Å². The van der Waals surface area contributed by atoms with Gasteiger partial charge in [-0.15, -0.1) is 0 Å². The number of carbonyl (C=O) groups excluding carboxylic acids is 1. The second kappa shape index (κ2) is 9.10. The highest BCUT2D eigenvalue weighted by Crippen LogP contribution is 2.28. The predicted molar refractivity (Wildman–Crippen MR) is 111 cm³/mol. The Bertz CT molecular complexity index is 961. The number of hydrogen-bond acceptors (Lipinski definition) is 5. The first-order valence-corrected chi connectivity index (χ1v) is 8.95. The van der Waals surface area contributed by atoms with Gasteiger partial charge in [-0.25, -0.2) is 4.98 Å². The van der Waals surface area contributed by atoms with E-state index >= 15 is 0 Å². The zero-order valence-corrected chi connectivity index (χ0v) is 16.3. The maximum absolute atomic E-state index is 12.5. The molecule has 3 rings (SSSR count). The van der Waals surface area contributed by atoms with Gasteiger partial charge in [-0.05, 0) is 36.4 Å². The summed E-state index contributed by atoms with van der Waals surface area (Å²) in [4.78, 5) is 16.7. The molecule has 0 aliphatic rings. The molecular weight excluding hydrogens is 378 g/mol. The number of aromatic nitrogens is 1. The van der Waals surface area contributed by atoms with Gasteiger partial charge < -0.3 is 20.1 Å². The molecule has 0 radical (unpaired) electrons. The molecule has 28 heavy (non-hydrogen) atoms. The Morgan fingerprint density at radius 3 is 2.54 bits per heavy atom. The summed E-state index contributed by atoms with van der Waals surface area (Å²) < 4.78 is 10.6. The van der Waals surface area contributed by atoms with Crippen molar-refractivity contribution in [3.05, 3.63) is 77.1 Å². The molecule has 3 aromatic rings. The van der Waals surface area contributed by atoms with Crippen LogP contribution in [0, 0.1) is 0 Å². The number of nitrogens with one attached hydrogen (secondary N) is 2. The Morgan fingerprint density at radius 1 is 1.04 bits per heavy atom.